The fourth-order valence-corrected chi connectivity index (χ4v) is 1.79. The summed E-state index contributed by atoms with van der Waals surface area (Å²) in [6.07, 6.45) is 4.33. The Morgan fingerprint density at radius 1 is 1.50 bits per heavy atom. The highest BCUT2D eigenvalue weighted by Crippen LogP contribution is 2.38. The number of anilines is 1. The largest absolute Gasteiger partial charge is 0.365 e. The molecule has 14 heavy (non-hydrogen) atoms. The Bertz CT molecular complexity index is 352. The number of thioether (sulfide) groups is 1. The Labute approximate surface area is 92.7 Å². The SMILES string of the molecule is CSc1nc(Cl)cc(NC2(C)CC2)n1. The Morgan fingerprint density at radius 2 is 2.21 bits per heavy atom. The Kier molecular flexibility index (Phi) is 2.58. The third-order valence-electron chi connectivity index (χ3n) is 2.29. The van der Waals surface area contributed by atoms with E-state index in [0.717, 1.165) is 5.82 Å². The molecule has 0 unspecified atom stereocenters. The molecule has 76 valence electrons. The first-order chi connectivity index (χ1) is 6.61. The van der Waals surface area contributed by atoms with Crippen molar-refractivity contribution in [2.45, 2.75) is 30.5 Å². The maximum Gasteiger partial charge on any atom is 0.190 e. The van der Waals surface area contributed by atoms with Crippen molar-refractivity contribution >= 4 is 29.2 Å². The molecule has 0 radical (unpaired) electrons. The van der Waals surface area contributed by atoms with Crippen LogP contribution in [-0.4, -0.2) is 21.8 Å². The van der Waals surface area contributed by atoms with Crippen molar-refractivity contribution in [3.05, 3.63) is 11.2 Å². The number of nitrogens with one attached hydrogen (secondary N) is 1. The summed E-state index contributed by atoms with van der Waals surface area (Å²) in [5.74, 6) is 0.828. The molecule has 0 atom stereocenters. The molecule has 1 heterocycles. The lowest BCUT2D eigenvalue weighted by molar-refractivity contribution is 0.809. The molecule has 0 spiro atoms. The molecule has 0 aromatic carbocycles. The molecule has 0 aliphatic heterocycles. The second-order valence-electron chi connectivity index (χ2n) is 3.75. The zero-order valence-corrected chi connectivity index (χ0v) is 9.74. The van der Waals surface area contributed by atoms with E-state index >= 15 is 0 Å². The van der Waals surface area contributed by atoms with E-state index < -0.39 is 0 Å². The third kappa shape index (κ3) is 2.30. The number of halogens is 1. The topological polar surface area (TPSA) is 37.8 Å². The molecule has 1 aromatic rings. The number of hydrogen-bond donors (Lipinski definition) is 1. The molecule has 3 nitrogen and oxygen atoms in total. The maximum atomic E-state index is 5.87. The van der Waals surface area contributed by atoms with Gasteiger partial charge in [0.25, 0.3) is 0 Å². The number of aromatic nitrogens is 2. The van der Waals surface area contributed by atoms with Crippen LogP contribution in [0.25, 0.3) is 0 Å². The first-order valence-electron chi connectivity index (χ1n) is 4.48. The van der Waals surface area contributed by atoms with Gasteiger partial charge in [-0.25, -0.2) is 9.97 Å². The van der Waals surface area contributed by atoms with Crippen molar-refractivity contribution in [2.75, 3.05) is 11.6 Å². The summed E-state index contributed by atoms with van der Waals surface area (Å²) in [4.78, 5) is 8.41. The summed E-state index contributed by atoms with van der Waals surface area (Å²) in [5, 5.41) is 4.57. The first kappa shape index (κ1) is 10.1. The van der Waals surface area contributed by atoms with Gasteiger partial charge in [-0.3, -0.25) is 0 Å². The van der Waals surface area contributed by atoms with Gasteiger partial charge >= 0.3 is 0 Å². The summed E-state index contributed by atoms with van der Waals surface area (Å²) in [5.41, 5.74) is 0.230. The predicted octanol–water partition coefficient (Wildman–Crippen LogP) is 2.82. The summed E-state index contributed by atoms with van der Waals surface area (Å²) in [7, 11) is 0. The van der Waals surface area contributed by atoms with E-state index in [0.29, 0.717) is 10.3 Å². The molecule has 0 saturated heterocycles. The molecule has 1 N–H and O–H groups in total. The fraction of sp³-hybridized carbons (Fsp3) is 0.556. The number of rotatable bonds is 3. The summed E-state index contributed by atoms with van der Waals surface area (Å²) >= 11 is 7.37. The van der Waals surface area contributed by atoms with Crippen molar-refractivity contribution in [1.29, 1.82) is 0 Å². The van der Waals surface area contributed by atoms with Crippen LogP contribution in [0.15, 0.2) is 11.2 Å². The van der Waals surface area contributed by atoms with Crippen LogP contribution in [0.1, 0.15) is 19.8 Å². The molecular formula is C9H12ClN3S. The van der Waals surface area contributed by atoms with Crippen LogP contribution in [0.4, 0.5) is 5.82 Å². The minimum Gasteiger partial charge on any atom is -0.365 e. The summed E-state index contributed by atoms with van der Waals surface area (Å²) < 4.78 is 0. The summed E-state index contributed by atoms with van der Waals surface area (Å²) in [6.45, 7) is 2.18. The average Bonchev–Trinajstić information content (AvgIpc) is 2.82. The van der Waals surface area contributed by atoms with Gasteiger partial charge in [0.2, 0.25) is 0 Å². The van der Waals surface area contributed by atoms with E-state index in [9.17, 15) is 0 Å². The standard InChI is InChI=1S/C9H12ClN3S/c1-9(3-4-9)13-7-5-6(10)11-8(12-7)14-2/h5H,3-4H2,1-2H3,(H,11,12,13). The molecule has 0 amide bonds. The molecule has 1 aliphatic carbocycles. The molecule has 1 saturated carbocycles. The van der Waals surface area contributed by atoms with E-state index in [-0.39, 0.29) is 5.54 Å². The van der Waals surface area contributed by atoms with Crippen LogP contribution in [-0.2, 0) is 0 Å². The van der Waals surface area contributed by atoms with Gasteiger partial charge < -0.3 is 5.32 Å². The summed E-state index contributed by atoms with van der Waals surface area (Å²) in [6, 6.07) is 1.77. The van der Waals surface area contributed by atoms with Gasteiger partial charge in [0.1, 0.15) is 11.0 Å². The minimum atomic E-state index is 0.230. The van der Waals surface area contributed by atoms with E-state index in [1.54, 1.807) is 6.07 Å². The Hall–Kier alpha value is -0.480. The van der Waals surface area contributed by atoms with Gasteiger partial charge in [0.15, 0.2) is 5.16 Å². The van der Waals surface area contributed by atoms with E-state index in [2.05, 4.69) is 22.2 Å². The highest BCUT2D eigenvalue weighted by Gasteiger charge is 2.37. The highest BCUT2D eigenvalue weighted by atomic mass is 35.5. The van der Waals surface area contributed by atoms with E-state index in [4.69, 9.17) is 11.6 Å². The molecule has 5 heteroatoms. The van der Waals surface area contributed by atoms with E-state index in [1.807, 2.05) is 6.26 Å². The lowest BCUT2D eigenvalue weighted by Gasteiger charge is -2.12. The number of nitrogens with zero attached hydrogens (tertiary/aromatic N) is 2. The fourth-order valence-electron chi connectivity index (χ4n) is 1.17. The van der Waals surface area contributed by atoms with Crippen molar-refractivity contribution in [3.8, 4) is 0 Å². The number of hydrogen-bond acceptors (Lipinski definition) is 4. The second-order valence-corrected chi connectivity index (χ2v) is 4.91. The monoisotopic (exact) mass is 229 g/mol. The third-order valence-corrected chi connectivity index (χ3v) is 3.03. The lowest BCUT2D eigenvalue weighted by atomic mass is 10.3. The molecule has 1 fully saturated rings. The Morgan fingerprint density at radius 3 is 2.79 bits per heavy atom. The predicted molar refractivity (Wildman–Crippen MR) is 60.1 cm³/mol. The molecule has 2 rings (SSSR count). The van der Waals surface area contributed by atoms with Crippen LogP contribution in [0, 0.1) is 0 Å². The highest BCUT2D eigenvalue weighted by molar-refractivity contribution is 7.98. The lowest BCUT2D eigenvalue weighted by Crippen LogP contribution is -2.17. The first-order valence-corrected chi connectivity index (χ1v) is 6.08. The van der Waals surface area contributed by atoms with Crippen LogP contribution in [0.3, 0.4) is 0 Å². The van der Waals surface area contributed by atoms with Crippen LogP contribution >= 0.6 is 23.4 Å². The van der Waals surface area contributed by atoms with Crippen LogP contribution in [0.2, 0.25) is 5.15 Å². The van der Waals surface area contributed by atoms with Crippen LogP contribution in [0.5, 0.6) is 0 Å². The van der Waals surface area contributed by atoms with Gasteiger partial charge in [-0.2, -0.15) is 0 Å². The Balaban J connectivity index is 2.20. The van der Waals surface area contributed by atoms with Crippen LogP contribution < -0.4 is 5.32 Å². The zero-order valence-electron chi connectivity index (χ0n) is 8.17. The van der Waals surface area contributed by atoms with Gasteiger partial charge in [-0.15, -0.1) is 0 Å². The van der Waals surface area contributed by atoms with E-state index in [1.165, 1.54) is 24.6 Å². The minimum absolute atomic E-state index is 0.230. The van der Waals surface area contributed by atoms with Crippen molar-refractivity contribution < 1.29 is 0 Å². The quantitative estimate of drug-likeness (QED) is 0.492. The van der Waals surface area contributed by atoms with Gasteiger partial charge in [0, 0.05) is 11.6 Å². The van der Waals surface area contributed by atoms with Crippen molar-refractivity contribution in [1.82, 2.24) is 9.97 Å². The molecular weight excluding hydrogens is 218 g/mol. The normalized spacial score (nSPS) is 17.9. The molecule has 1 aliphatic rings. The molecule has 0 bridgehead atoms. The zero-order chi connectivity index (χ0) is 10.2. The van der Waals surface area contributed by atoms with Crippen molar-refractivity contribution in [3.63, 3.8) is 0 Å². The maximum absolute atomic E-state index is 5.87. The smallest absolute Gasteiger partial charge is 0.190 e. The molecule has 1 aromatic heterocycles. The van der Waals surface area contributed by atoms with Gasteiger partial charge in [-0.1, -0.05) is 23.4 Å². The van der Waals surface area contributed by atoms with Crippen molar-refractivity contribution in [2.24, 2.45) is 0 Å². The average molecular weight is 230 g/mol. The second kappa shape index (κ2) is 3.59. The van der Waals surface area contributed by atoms with Gasteiger partial charge in [-0.05, 0) is 26.0 Å². The van der Waals surface area contributed by atoms with Gasteiger partial charge in [0.05, 0.1) is 0 Å².